The first kappa shape index (κ1) is 38.5. The van der Waals surface area contributed by atoms with Crippen LogP contribution in [0.2, 0.25) is 0 Å². The number of hydrogen-bond acceptors (Lipinski definition) is 5. The Kier molecular flexibility index (Phi) is 15.7. The van der Waals surface area contributed by atoms with E-state index in [1.54, 1.807) is 13.5 Å². The van der Waals surface area contributed by atoms with Gasteiger partial charge in [0.1, 0.15) is 12.1 Å². The number of likely N-dealkylation sites (N-methyl/N-ethyl adjacent to an activating group) is 1. The standard InChI is InChI=1S/C38H48N3O5.Y/c1-6-25(2)34(37(43)39-5)41-36(42)32(45-23-28-15-9-7-10-16-28)22-27(4)35(46-24-29-17-11-8-12-18-29)38(44)40-33-26(3)21-30-19-13-14-20-31(30)33;/h7-20,22,25-27,32-35H,6,21,23-24H2,1-5H3,(H,39,43)(H,40,44)(H,41,42);/q-1;+3. The molecule has 4 rings (SSSR count). The van der Waals surface area contributed by atoms with Crippen LogP contribution in [0.1, 0.15) is 62.4 Å². The minimum absolute atomic E-state index is 0. The molecule has 3 N–H and O–H groups in total. The van der Waals surface area contributed by atoms with Crippen molar-refractivity contribution in [3.63, 3.8) is 0 Å². The van der Waals surface area contributed by atoms with Crippen molar-refractivity contribution in [1.29, 1.82) is 0 Å². The molecule has 0 radical (unpaired) electrons. The Bertz CT molecular complexity index is 1420. The van der Waals surface area contributed by atoms with Crippen LogP contribution in [-0.2, 0) is 76.2 Å². The maximum absolute atomic E-state index is 14.0. The van der Waals surface area contributed by atoms with Crippen molar-refractivity contribution in [2.75, 3.05) is 7.05 Å². The maximum Gasteiger partial charge on any atom is 3.00 e. The van der Waals surface area contributed by atoms with Gasteiger partial charge in [0, 0.05) is 13.2 Å². The molecule has 47 heavy (non-hydrogen) atoms. The van der Waals surface area contributed by atoms with Crippen LogP contribution in [0.15, 0.2) is 84.9 Å². The normalized spacial score (nSPS) is 18.4. The predicted octanol–water partition coefficient (Wildman–Crippen LogP) is 5.32. The van der Waals surface area contributed by atoms with Crippen LogP contribution >= 0.6 is 0 Å². The molecular weight excluding hydrogens is 667 g/mol. The SMILES string of the molecule is CCC(C)C(NC(=O)C([CH-]C(C)C(OCc1ccccc1)C(=O)NC1c2ccccc2CC1C)OCc1ccccc1)C(=O)NC.[Y+3]. The number of carbonyl (C=O) groups is 3. The summed E-state index contributed by atoms with van der Waals surface area (Å²) in [4.78, 5) is 40.5. The van der Waals surface area contributed by atoms with E-state index in [4.69, 9.17) is 9.47 Å². The van der Waals surface area contributed by atoms with E-state index in [2.05, 4.69) is 35.0 Å². The van der Waals surface area contributed by atoms with Crippen molar-refractivity contribution in [2.45, 2.75) is 78.0 Å². The summed E-state index contributed by atoms with van der Waals surface area (Å²) in [6, 6.07) is 26.6. The predicted molar refractivity (Wildman–Crippen MR) is 179 cm³/mol. The van der Waals surface area contributed by atoms with E-state index in [0.29, 0.717) is 6.42 Å². The molecule has 8 nitrogen and oxygen atoms in total. The number of benzene rings is 3. The van der Waals surface area contributed by atoms with Gasteiger partial charge in [0.25, 0.3) is 0 Å². The van der Waals surface area contributed by atoms with Crippen molar-refractivity contribution in [3.8, 4) is 0 Å². The fraction of sp³-hybridized carbons (Fsp3) is 0.421. The molecule has 0 aromatic heterocycles. The second kappa shape index (κ2) is 19.2. The summed E-state index contributed by atoms with van der Waals surface area (Å²) >= 11 is 0. The van der Waals surface area contributed by atoms with E-state index in [-0.39, 0.29) is 75.6 Å². The van der Waals surface area contributed by atoms with Gasteiger partial charge in [0.15, 0.2) is 0 Å². The molecule has 3 aromatic rings. The van der Waals surface area contributed by atoms with E-state index in [1.165, 1.54) is 5.56 Å². The second-order valence-corrected chi connectivity index (χ2v) is 12.3. The summed E-state index contributed by atoms with van der Waals surface area (Å²) in [5.74, 6) is -1.36. The average Bonchev–Trinajstić information content (AvgIpc) is 3.39. The Balaban J connectivity index is 0.00000600. The zero-order valence-electron chi connectivity index (χ0n) is 28.1. The van der Waals surface area contributed by atoms with Gasteiger partial charge in [-0.1, -0.05) is 119 Å². The molecule has 0 aliphatic heterocycles. The number of fused-ring (bicyclic) bond motifs is 1. The quantitative estimate of drug-likeness (QED) is 0.174. The number of ether oxygens (including phenoxy) is 2. The first-order valence-corrected chi connectivity index (χ1v) is 16.3. The summed E-state index contributed by atoms with van der Waals surface area (Å²) in [5.41, 5.74) is 4.19. The second-order valence-electron chi connectivity index (χ2n) is 12.3. The molecule has 7 unspecified atom stereocenters. The molecule has 0 fully saturated rings. The molecule has 0 saturated heterocycles. The van der Waals surface area contributed by atoms with Gasteiger partial charge in [0.05, 0.1) is 19.3 Å². The summed E-state index contributed by atoms with van der Waals surface area (Å²) in [7, 11) is 1.55. The molecule has 0 heterocycles. The zero-order valence-corrected chi connectivity index (χ0v) is 31.0. The summed E-state index contributed by atoms with van der Waals surface area (Å²) in [6.07, 6.45) is 1.35. The van der Waals surface area contributed by atoms with E-state index in [0.717, 1.165) is 23.1 Å². The molecule has 246 valence electrons. The summed E-state index contributed by atoms with van der Waals surface area (Å²) in [5, 5.41) is 8.83. The minimum atomic E-state index is -1.05. The average molecular weight is 716 g/mol. The smallest absolute Gasteiger partial charge is 0.396 e. The van der Waals surface area contributed by atoms with Gasteiger partial charge in [-0.2, -0.15) is 0 Å². The maximum atomic E-state index is 14.0. The van der Waals surface area contributed by atoms with Crippen LogP contribution in [0, 0.1) is 24.2 Å². The van der Waals surface area contributed by atoms with Gasteiger partial charge in [0.2, 0.25) is 17.7 Å². The third kappa shape index (κ3) is 10.8. The van der Waals surface area contributed by atoms with Crippen molar-refractivity contribution in [3.05, 3.63) is 114 Å². The number of hydrogen-bond donors (Lipinski definition) is 3. The van der Waals surface area contributed by atoms with E-state index in [1.807, 2.05) is 93.6 Å². The van der Waals surface area contributed by atoms with Crippen LogP contribution in [0.25, 0.3) is 0 Å². The third-order valence-corrected chi connectivity index (χ3v) is 8.86. The Hall–Kier alpha value is -2.91. The summed E-state index contributed by atoms with van der Waals surface area (Å²) < 4.78 is 12.5. The fourth-order valence-electron chi connectivity index (χ4n) is 5.92. The number of amides is 3. The van der Waals surface area contributed by atoms with Crippen molar-refractivity contribution in [1.82, 2.24) is 16.0 Å². The molecule has 3 aromatic carbocycles. The monoisotopic (exact) mass is 715 g/mol. The largest absolute Gasteiger partial charge is 3.00 e. The number of rotatable bonds is 16. The fourth-order valence-corrected chi connectivity index (χ4v) is 5.92. The van der Waals surface area contributed by atoms with Crippen molar-refractivity contribution >= 4 is 17.7 Å². The molecule has 3 amide bonds. The Morgan fingerprint density at radius 1 is 0.830 bits per heavy atom. The molecule has 1 aliphatic rings. The molecule has 0 spiro atoms. The van der Waals surface area contributed by atoms with Crippen LogP contribution in [-0.4, -0.2) is 43.0 Å². The number of nitrogens with one attached hydrogen (secondary N) is 3. The first-order chi connectivity index (χ1) is 22.2. The van der Waals surface area contributed by atoms with Crippen molar-refractivity contribution < 1.29 is 56.6 Å². The van der Waals surface area contributed by atoms with Crippen LogP contribution in [0.4, 0.5) is 0 Å². The molecule has 9 heteroatoms. The van der Waals surface area contributed by atoms with Gasteiger partial charge in [-0.15, -0.1) is 5.92 Å². The Labute approximate surface area is 305 Å². The Morgan fingerprint density at radius 3 is 2.00 bits per heavy atom. The van der Waals surface area contributed by atoms with Gasteiger partial charge >= 0.3 is 32.7 Å². The van der Waals surface area contributed by atoms with Gasteiger partial charge in [-0.3, -0.25) is 20.8 Å². The van der Waals surface area contributed by atoms with E-state index < -0.39 is 30.1 Å². The Morgan fingerprint density at radius 2 is 1.40 bits per heavy atom. The summed E-state index contributed by atoms with van der Waals surface area (Å²) in [6.45, 7) is 8.29. The van der Waals surface area contributed by atoms with Crippen molar-refractivity contribution in [2.24, 2.45) is 17.8 Å². The van der Waals surface area contributed by atoms with E-state index in [9.17, 15) is 14.4 Å². The van der Waals surface area contributed by atoms with Crippen LogP contribution in [0.3, 0.4) is 0 Å². The van der Waals surface area contributed by atoms with Crippen LogP contribution in [0.5, 0.6) is 0 Å². The van der Waals surface area contributed by atoms with Gasteiger partial charge in [-0.05, 0) is 40.5 Å². The van der Waals surface area contributed by atoms with Crippen LogP contribution < -0.4 is 16.0 Å². The number of carbonyl (C=O) groups excluding carboxylic acids is 3. The van der Waals surface area contributed by atoms with Gasteiger partial charge < -0.3 is 25.4 Å². The van der Waals surface area contributed by atoms with E-state index >= 15 is 0 Å². The van der Waals surface area contributed by atoms with Gasteiger partial charge in [-0.25, -0.2) is 0 Å². The third-order valence-electron chi connectivity index (χ3n) is 8.86. The minimum Gasteiger partial charge on any atom is -0.396 e. The molecule has 7 atom stereocenters. The molecule has 0 saturated carbocycles. The molecular formula is C38H48N3O5Y+2. The topological polar surface area (TPSA) is 106 Å². The molecule has 0 bridgehead atoms. The zero-order chi connectivity index (χ0) is 33.1. The first-order valence-electron chi connectivity index (χ1n) is 16.3. The molecule has 1 aliphatic carbocycles.